The van der Waals surface area contributed by atoms with Crippen molar-refractivity contribution in [1.29, 1.82) is 0 Å². The average Bonchev–Trinajstić information content (AvgIpc) is 3.29. The average molecular weight is 370 g/mol. The quantitative estimate of drug-likeness (QED) is 0.750. The number of benzene rings is 1. The predicted octanol–water partition coefficient (Wildman–Crippen LogP) is 4.16. The highest BCUT2D eigenvalue weighted by Crippen LogP contribution is 2.31. The number of thiazole rings is 1. The molecule has 1 N–H and O–H groups in total. The van der Waals surface area contributed by atoms with E-state index in [-0.39, 0.29) is 5.91 Å². The lowest BCUT2D eigenvalue weighted by molar-refractivity contribution is 0.0942. The van der Waals surface area contributed by atoms with Crippen molar-refractivity contribution in [2.75, 3.05) is 13.2 Å². The Kier molecular flexibility index (Phi) is 4.55. The van der Waals surface area contributed by atoms with Crippen LogP contribution in [0.5, 0.6) is 5.75 Å². The monoisotopic (exact) mass is 370 g/mol. The van der Waals surface area contributed by atoms with Gasteiger partial charge in [-0.05, 0) is 36.4 Å². The topological polar surface area (TPSA) is 51.2 Å². The van der Waals surface area contributed by atoms with Crippen molar-refractivity contribution in [3.63, 3.8) is 0 Å². The molecule has 1 aliphatic rings. The van der Waals surface area contributed by atoms with Gasteiger partial charge < -0.3 is 10.1 Å². The molecule has 25 heavy (non-hydrogen) atoms. The summed E-state index contributed by atoms with van der Waals surface area (Å²) in [6.45, 7) is 3.14. The van der Waals surface area contributed by atoms with E-state index in [0.717, 1.165) is 27.7 Å². The van der Waals surface area contributed by atoms with Crippen LogP contribution in [0.25, 0.3) is 9.88 Å². The van der Waals surface area contributed by atoms with Gasteiger partial charge in [0.25, 0.3) is 5.91 Å². The number of amides is 1. The molecular formula is C19H18N2O2S2. The number of nitrogens with one attached hydrogen (secondary N) is 1. The Morgan fingerprint density at radius 1 is 1.32 bits per heavy atom. The fourth-order valence-electron chi connectivity index (χ4n) is 2.95. The van der Waals surface area contributed by atoms with Crippen molar-refractivity contribution in [2.45, 2.75) is 13.3 Å². The zero-order valence-corrected chi connectivity index (χ0v) is 15.5. The minimum Gasteiger partial charge on any atom is -0.493 e. The molecule has 4 nitrogen and oxygen atoms in total. The first-order valence-electron chi connectivity index (χ1n) is 8.21. The second-order valence-electron chi connectivity index (χ2n) is 6.11. The second kappa shape index (κ2) is 6.98. The molecule has 0 bridgehead atoms. The van der Waals surface area contributed by atoms with Crippen molar-refractivity contribution in [1.82, 2.24) is 10.3 Å². The Hall–Kier alpha value is -2.18. The SMILES string of the molecule is Cc1nc(-c2cccs2)sc1C(=O)NCC1COc2ccccc2C1. The van der Waals surface area contributed by atoms with Gasteiger partial charge in [0, 0.05) is 12.5 Å². The molecule has 0 spiro atoms. The fraction of sp³-hybridized carbons (Fsp3) is 0.263. The standard InChI is InChI=1S/C19H18N2O2S2/c1-12-17(25-19(21-12)16-7-4-8-24-16)18(22)20-10-13-9-14-5-2-3-6-15(14)23-11-13/h2-8,13H,9-11H2,1H3,(H,20,22). The third kappa shape index (κ3) is 3.45. The maximum absolute atomic E-state index is 12.6. The van der Waals surface area contributed by atoms with Gasteiger partial charge in [-0.15, -0.1) is 22.7 Å². The molecular weight excluding hydrogens is 352 g/mol. The molecule has 1 aromatic carbocycles. The van der Waals surface area contributed by atoms with E-state index in [2.05, 4.69) is 16.4 Å². The number of aromatic nitrogens is 1. The summed E-state index contributed by atoms with van der Waals surface area (Å²) in [5.41, 5.74) is 2.00. The van der Waals surface area contributed by atoms with Crippen molar-refractivity contribution >= 4 is 28.6 Å². The van der Waals surface area contributed by atoms with Gasteiger partial charge in [0.15, 0.2) is 0 Å². The van der Waals surface area contributed by atoms with Crippen molar-refractivity contribution in [3.05, 3.63) is 57.9 Å². The molecule has 1 unspecified atom stereocenters. The normalized spacial score (nSPS) is 16.1. The van der Waals surface area contributed by atoms with Gasteiger partial charge >= 0.3 is 0 Å². The van der Waals surface area contributed by atoms with E-state index >= 15 is 0 Å². The van der Waals surface area contributed by atoms with Gasteiger partial charge in [-0.2, -0.15) is 0 Å². The maximum atomic E-state index is 12.6. The molecule has 1 amide bonds. The zero-order chi connectivity index (χ0) is 17.2. The van der Waals surface area contributed by atoms with Crippen LogP contribution in [-0.2, 0) is 6.42 Å². The summed E-state index contributed by atoms with van der Waals surface area (Å²) in [7, 11) is 0. The number of hydrogen-bond donors (Lipinski definition) is 1. The van der Waals surface area contributed by atoms with Crippen LogP contribution >= 0.6 is 22.7 Å². The van der Waals surface area contributed by atoms with Gasteiger partial charge in [0.05, 0.1) is 17.2 Å². The van der Waals surface area contributed by atoms with Crippen molar-refractivity contribution < 1.29 is 9.53 Å². The van der Waals surface area contributed by atoms with E-state index in [0.29, 0.717) is 23.9 Å². The number of para-hydroxylation sites is 1. The molecule has 0 radical (unpaired) electrons. The van der Waals surface area contributed by atoms with E-state index in [4.69, 9.17) is 4.74 Å². The molecule has 0 fully saturated rings. The Bertz CT molecular complexity index is 887. The molecule has 3 heterocycles. The third-order valence-corrected chi connectivity index (χ3v) is 6.44. The summed E-state index contributed by atoms with van der Waals surface area (Å²) in [6.07, 6.45) is 0.929. The van der Waals surface area contributed by atoms with E-state index in [9.17, 15) is 4.79 Å². The first-order chi connectivity index (χ1) is 12.2. The largest absolute Gasteiger partial charge is 0.493 e. The number of thiophene rings is 1. The van der Waals surface area contributed by atoms with E-state index < -0.39 is 0 Å². The molecule has 6 heteroatoms. The number of fused-ring (bicyclic) bond motifs is 1. The lowest BCUT2D eigenvalue weighted by atomic mass is 9.97. The molecule has 128 valence electrons. The number of nitrogens with zero attached hydrogens (tertiary/aromatic N) is 1. The predicted molar refractivity (Wildman–Crippen MR) is 102 cm³/mol. The summed E-state index contributed by atoms with van der Waals surface area (Å²) >= 11 is 3.10. The van der Waals surface area contributed by atoms with Gasteiger partial charge in [0.1, 0.15) is 15.6 Å². The van der Waals surface area contributed by atoms with Crippen molar-refractivity contribution in [2.24, 2.45) is 5.92 Å². The third-order valence-electron chi connectivity index (χ3n) is 4.24. The molecule has 4 rings (SSSR count). The van der Waals surface area contributed by atoms with E-state index in [1.807, 2.05) is 42.6 Å². The highest BCUT2D eigenvalue weighted by atomic mass is 32.1. The minimum absolute atomic E-state index is 0.0448. The van der Waals surface area contributed by atoms with Crippen LogP contribution in [0.4, 0.5) is 0 Å². The molecule has 1 atom stereocenters. The first-order valence-corrected chi connectivity index (χ1v) is 9.90. The number of aryl methyl sites for hydroxylation is 1. The van der Waals surface area contributed by atoms with Gasteiger partial charge in [-0.25, -0.2) is 4.98 Å². The molecule has 3 aromatic rings. The summed E-state index contributed by atoms with van der Waals surface area (Å²) in [5.74, 6) is 1.21. The van der Waals surface area contributed by atoms with Crippen LogP contribution in [0.2, 0.25) is 0 Å². The molecule has 2 aromatic heterocycles. The Morgan fingerprint density at radius 2 is 2.20 bits per heavy atom. The van der Waals surface area contributed by atoms with Gasteiger partial charge in [0.2, 0.25) is 0 Å². The molecule has 1 aliphatic heterocycles. The Balaban J connectivity index is 1.40. The summed E-state index contributed by atoms with van der Waals surface area (Å²) < 4.78 is 5.79. The van der Waals surface area contributed by atoms with Crippen molar-refractivity contribution in [3.8, 4) is 15.6 Å². The van der Waals surface area contributed by atoms with Crippen LogP contribution < -0.4 is 10.1 Å². The number of carbonyl (C=O) groups is 1. The second-order valence-corrected chi connectivity index (χ2v) is 8.06. The number of ether oxygens (including phenoxy) is 1. The van der Waals surface area contributed by atoms with Crippen LogP contribution in [-0.4, -0.2) is 24.0 Å². The van der Waals surface area contributed by atoms with Gasteiger partial charge in [-0.1, -0.05) is 24.3 Å². The van der Waals surface area contributed by atoms with Crippen LogP contribution in [0.1, 0.15) is 20.9 Å². The highest BCUT2D eigenvalue weighted by molar-refractivity contribution is 7.22. The van der Waals surface area contributed by atoms with E-state index in [1.54, 1.807) is 11.3 Å². The number of hydrogen-bond acceptors (Lipinski definition) is 5. The highest BCUT2D eigenvalue weighted by Gasteiger charge is 2.22. The van der Waals surface area contributed by atoms with E-state index in [1.165, 1.54) is 16.9 Å². The summed E-state index contributed by atoms with van der Waals surface area (Å²) in [4.78, 5) is 18.9. The van der Waals surface area contributed by atoms with Crippen LogP contribution in [0.15, 0.2) is 41.8 Å². The molecule has 0 saturated heterocycles. The Morgan fingerprint density at radius 3 is 3.04 bits per heavy atom. The maximum Gasteiger partial charge on any atom is 0.263 e. The summed E-state index contributed by atoms with van der Waals surface area (Å²) in [6, 6.07) is 12.1. The molecule has 0 saturated carbocycles. The number of carbonyl (C=O) groups excluding carboxylic acids is 1. The molecule has 0 aliphatic carbocycles. The lowest BCUT2D eigenvalue weighted by Gasteiger charge is -2.25. The Labute approximate surface area is 154 Å². The minimum atomic E-state index is -0.0448. The van der Waals surface area contributed by atoms with Crippen LogP contribution in [0, 0.1) is 12.8 Å². The first kappa shape index (κ1) is 16.3. The van der Waals surface area contributed by atoms with Crippen LogP contribution in [0.3, 0.4) is 0 Å². The summed E-state index contributed by atoms with van der Waals surface area (Å²) in [5, 5.41) is 5.98. The zero-order valence-electron chi connectivity index (χ0n) is 13.8. The van der Waals surface area contributed by atoms with Gasteiger partial charge in [-0.3, -0.25) is 4.79 Å². The fourth-order valence-corrected chi connectivity index (χ4v) is 4.73. The smallest absolute Gasteiger partial charge is 0.263 e. The lowest BCUT2D eigenvalue weighted by Crippen LogP contribution is -2.34. The number of rotatable bonds is 4.